The van der Waals surface area contributed by atoms with E-state index in [1.807, 2.05) is 84.9 Å². The molecule has 0 atom stereocenters. The highest BCUT2D eigenvalue weighted by Gasteiger charge is 2.27. The topological polar surface area (TPSA) is 38.7 Å². The van der Waals surface area contributed by atoms with Gasteiger partial charge in [0.2, 0.25) is 0 Å². The molecule has 0 aliphatic heterocycles. The smallest absolute Gasteiger partial charge is 0.164 e. The van der Waals surface area contributed by atoms with Gasteiger partial charge in [0.1, 0.15) is 118 Å². The van der Waals surface area contributed by atoms with Crippen LogP contribution < -0.4 is 81.9 Å². The van der Waals surface area contributed by atoms with Crippen LogP contribution in [0.25, 0.3) is 87.7 Å². The van der Waals surface area contributed by atoms with Crippen LogP contribution in [0.5, 0.6) is 0 Å². The zero-order chi connectivity index (χ0) is 45.6. The molecule has 0 saturated carbocycles. The maximum atomic E-state index is 7.10. The van der Waals surface area contributed by atoms with Crippen molar-refractivity contribution in [3.05, 3.63) is 84.9 Å². The van der Waals surface area contributed by atoms with Gasteiger partial charge in [0.15, 0.2) is 17.5 Å². The number of nitrogens with zero attached hydrogens (tertiary/aromatic N) is 3. The van der Waals surface area contributed by atoms with Gasteiger partial charge in [0.05, 0.1) is 0 Å². The fourth-order valence-corrected chi connectivity index (χ4v) is 9.49. The van der Waals surface area contributed by atoms with E-state index in [0.717, 1.165) is 11.1 Å². The predicted molar refractivity (Wildman–Crippen MR) is 286 cm³/mol. The molecule has 260 valence electrons. The van der Waals surface area contributed by atoms with Gasteiger partial charge in [-0.3, -0.25) is 0 Å². The summed E-state index contributed by atoms with van der Waals surface area (Å²) < 4.78 is 0.943. The second-order valence-corrected chi connectivity index (χ2v) is 16.2. The van der Waals surface area contributed by atoms with E-state index in [1.54, 1.807) is 0 Å². The average molecular weight is 791 g/mol. The van der Waals surface area contributed by atoms with Gasteiger partial charge in [-0.15, -0.1) is 33.2 Å². The van der Waals surface area contributed by atoms with Crippen molar-refractivity contribution in [3.8, 4) is 67.5 Å². The monoisotopic (exact) mass is 793 g/mol. The summed E-state index contributed by atoms with van der Waals surface area (Å²) in [4.78, 5) is 14.6. The first kappa shape index (κ1) is 44.0. The minimum atomic E-state index is -0.0772. The standard InChI is InChI=1S/C45H14B15N3S/c46-26-19(20-27(47)29(49)21(30(50)28(20)48)22-32(52)37(57)33(53)23-24-34(54)38(58)39(59)40(60)42(24)64-41(22)23)31(51)36(56)35(55)25(26)45-62-43(17-9-5-2-6-10-17)61-44(63-45)18-13-11-16(12-14-18)15-7-3-1-4-8-15/h1-14H. The highest BCUT2D eigenvalue weighted by molar-refractivity contribution is 7.28. The van der Waals surface area contributed by atoms with Crippen LogP contribution in [0.15, 0.2) is 84.9 Å². The fourth-order valence-electron chi connectivity index (χ4n) is 8.13. The molecule has 0 bridgehead atoms. The molecule has 19 heteroatoms. The molecule has 64 heavy (non-hydrogen) atoms. The lowest BCUT2D eigenvalue weighted by Gasteiger charge is -2.29. The minimum Gasteiger partial charge on any atom is -0.208 e. The van der Waals surface area contributed by atoms with Crippen LogP contribution in [0.2, 0.25) is 0 Å². The van der Waals surface area contributed by atoms with E-state index in [1.165, 1.54) is 11.3 Å². The molecule has 0 N–H and O–H groups in total. The molecule has 9 rings (SSSR count). The Hall–Kier alpha value is -5.26. The molecule has 0 amide bonds. The van der Waals surface area contributed by atoms with E-state index in [4.69, 9.17) is 133 Å². The summed E-state index contributed by atoms with van der Waals surface area (Å²) in [7, 11) is 101. The quantitative estimate of drug-likeness (QED) is 0.158. The van der Waals surface area contributed by atoms with Crippen LogP contribution in [0.3, 0.4) is 0 Å². The molecule has 0 spiro atoms. The number of aromatic nitrogens is 3. The Balaban J connectivity index is 1.27. The van der Waals surface area contributed by atoms with Gasteiger partial charge in [0, 0.05) is 26.1 Å². The van der Waals surface area contributed by atoms with Gasteiger partial charge in [-0.05, 0) is 44.2 Å². The zero-order valence-electron chi connectivity index (χ0n) is 34.0. The molecule has 0 fully saturated rings. The number of benzene rings is 7. The van der Waals surface area contributed by atoms with Crippen LogP contribution in [-0.4, -0.2) is 133 Å². The highest BCUT2D eigenvalue weighted by atomic mass is 32.1. The largest absolute Gasteiger partial charge is 0.208 e. The van der Waals surface area contributed by atoms with E-state index in [9.17, 15) is 0 Å². The Labute approximate surface area is 396 Å². The van der Waals surface area contributed by atoms with Crippen molar-refractivity contribution in [3.63, 3.8) is 0 Å². The van der Waals surface area contributed by atoms with Crippen LogP contribution in [0, 0.1) is 0 Å². The van der Waals surface area contributed by atoms with Crippen molar-refractivity contribution in [1.82, 2.24) is 15.0 Å². The summed E-state index contributed by atoms with van der Waals surface area (Å²) in [6.07, 6.45) is 0. The average Bonchev–Trinajstić information content (AvgIpc) is 3.71. The summed E-state index contributed by atoms with van der Waals surface area (Å²) in [5.74, 6) is 0.755. The third-order valence-corrected chi connectivity index (χ3v) is 12.8. The Bertz CT molecular complexity index is 3410. The van der Waals surface area contributed by atoms with E-state index in [2.05, 4.69) is 0 Å². The Morgan fingerprint density at radius 1 is 0.250 bits per heavy atom. The van der Waals surface area contributed by atoms with Gasteiger partial charge in [-0.25, -0.2) is 15.0 Å². The van der Waals surface area contributed by atoms with Crippen LogP contribution in [0.1, 0.15) is 0 Å². The van der Waals surface area contributed by atoms with Crippen LogP contribution in [-0.2, 0) is 0 Å². The molecule has 0 saturated heterocycles. The normalized spacial score (nSPS) is 11.4. The molecule has 0 aliphatic carbocycles. The van der Waals surface area contributed by atoms with Crippen molar-refractivity contribution in [1.29, 1.82) is 0 Å². The highest BCUT2D eigenvalue weighted by Crippen LogP contribution is 2.35. The number of hydrogen-bond donors (Lipinski definition) is 0. The molecule has 0 aliphatic rings. The Kier molecular flexibility index (Phi) is 11.4. The molecular weight excluding hydrogens is 777 g/mol. The summed E-state index contributed by atoms with van der Waals surface area (Å²) in [5, 5.41) is 0.830. The van der Waals surface area contributed by atoms with Crippen molar-refractivity contribution in [2.75, 3.05) is 0 Å². The van der Waals surface area contributed by atoms with Gasteiger partial charge < -0.3 is 0 Å². The summed E-state index contributed by atoms with van der Waals surface area (Å²) in [6, 6.07) is 27.1. The zero-order valence-corrected chi connectivity index (χ0v) is 34.8. The van der Waals surface area contributed by atoms with Crippen molar-refractivity contribution in [2.45, 2.75) is 0 Å². The summed E-state index contributed by atoms with van der Waals surface area (Å²) in [6.45, 7) is 0. The van der Waals surface area contributed by atoms with Crippen molar-refractivity contribution in [2.24, 2.45) is 0 Å². The SMILES string of the molecule is [B]c1c([B])c(-c2nc(-c3ccccc3)nc(-c3ccc(-c4ccccc4)cc3)n2)c([B])c(-c2c([B])c([B])c(-c3c([B])c([B])c([B])c4c3sc3c([B])c([B])c([B])c([B])c34)c([B])c2[B])c1[B]. The molecule has 0 unspecified atom stereocenters. The van der Waals surface area contributed by atoms with Crippen molar-refractivity contribution >= 4 is 231 Å². The summed E-state index contributed by atoms with van der Waals surface area (Å²) >= 11 is 1.18. The second kappa shape index (κ2) is 16.6. The third-order valence-electron chi connectivity index (χ3n) is 11.6. The molecule has 9 aromatic rings. The van der Waals surface area contributed by atoms with Gasteiger partial charge >= 0.3 is 0 Å². The number of fused-ring (bicyclic) bond motifs is 3. The number of hydrogen-bond acceptors (Lipinski definition) is 4. The first-order valence-electron chi connectivity index (χ1n) is 19.5. The number of rotatable bonds is 6. The molecule has 30 radical (unpaired) electrons. The fraction of sp³-hybridized carbons (Fsp3) is 0. The van der Waals surface area contributed by atoms with Crippen LogP contribution >= 0.6 is 11.3 Å². The Morgan fingerprint density at radius 2 is 0.578 bits per heavy atom. The van der Waals surface area contributed by atoms with E-state index >= 15 is 0 Å². The van der Waals surface area contributed by atoms with Gasteiger partial charge in [-0.1, -0.05) is 145 Å². The predicted octanol–water partition coefficient (Wildman–Crippen LogP) is -5.85. The maximum absolute atomic E-state index is 7.10. The lowest BCUT2D eigenvalue weighted by atomic mass is 9.56. The first-order valence-corrected chi connectivity index (χ1v) is 20.3. The molecular formula is C45H14B15N3S. The molecule has 2 aromatic heterocycles. The molecule has 2 heterocycles. The Morgan fingerprint density at radius 3 is 1.12 bits per heavy atom. The third kappa shape index (κ3) is 6.82. The number of thiophene rings is 1. The van der Waals surface area contributed by atoms with Crippen LogP contribution in [0.4, 0.5) is 0 Å². The first-order chi connectivity index (χ1) is 30.5. The molecule has 3 nitrogen and oxygen atoms in total. The van der Waals surface area contributed by atoms with Gasteiger partial charge in [-0.2, -0.15) is 0 Å². The lowest BCUT2D eigenvalue weighted by Crippen LogP contribution is -2.51. The maximum Gasteiger partial charge on any atom is 0.164 e. The van der Waals surface area contributed by atoms with Crippen molar-refractivity contribution < 1.29 is 0 Å². The second-order valence-electron chi connectivity index (χ2n) is 15.2. The van der Waals surface area contributed by atoms with E-state index in [-0.39, 0.29) is 116 Å². The van der Waals surface area contributed by atoms with E-state index < -0.39 is 0 Å². The minimum absolute atomic E-state index is 0.00106. The molecule has 7 aromatic carbocycles. The van der Waals surface area contributed by atoms with E-state index in [0.29, 0.717) is 42.9 Å². The van der Waals surface area contributed by atoms with Gasteiger partial charge in [0.25, 0.3) is 0 Å². The summed E-state index contributed by atoms with van der Waals surface area (Å²) in [5.41, 5.74) is 4.45. The lowest BCUT2D eigenvalue weighted by molar-refractivity contribution is 1.08.